The molecule has 0 saturated carbocycles. The lowest BCUT2D eigenvalue weighted by molar-refractivity contribution is 0.477. The molecule has 0 unspecified atom stereocenters. The third kappa shape index (κ3) is 1.66. The van der Waals surface area contributed by atoms with Gasteiger partial charge in [-0.3, -0.25) is 0 Å². The lowest BCUT2D eigenvalue weighted by Crippen LogP contribution is -1.77. The lowest BCUT2D eigenvalue weighted by atomic mass is 10.1. The van der Waals surface area contributed by atoms with E-state index in [2.05, 4.69) is 4.98 Å². The van der Waals surface area contributed by atoms with Gasteiger partial charge < -0.3 is 5.11 Å². The van der Waals surface area contributed by atoms with Gasteiger partial charge in [0.25, 0.3) is 0 Å². The Labute approximate surface area is 84.4 Å². The molecule has 2 nitrogen and oxygen atoms in total. The van der Waals surface area contributed by atoms with Gasteiger partial charge in [0.05, 0.1) is 5.69 Å². The van der Waals surface area contributed by atoms with E-state index in [1.165, 1.54) is 11.3 Å². The van der Waals surface area contributed by atoms with Crippen molar-refractivity contribution in [2.45, 2.75) is 0 Å². The molecule has 1 N–H and O–H groups in total. The summed E-state index contributed by atoms with van der Waals surface area (Å²) in [6.45, 7) is 0. The van der Waals surface area contributed by atoms with Crippen molar-refractivity contribution >= 4 is 22.9 Å². The van der Waals surface area contributed by atoms with Gasteiger partial charge >= 0.3 is 0 Å². The molecule has 1 heterocycles. The number of benzene rings is 1. The molecule has 2 aromatic rings. The zero-order chi connectivity index (χ0) is 9.26. The van der Waals surface area contributed by atoms with Gasteiger partial charge in [-0.2, -0.15) is 0 Å². The first kappa shape index (κ1) is 8.53. The maximum Gasteiger partial charge on any atom is 0.184 e. The Bertz CT molecular complexity index is 427. The van der Waals surface area contributed by atoms with Crippen molar-refractivity contribution in [3.8, 4) is 17.0 Å². The Morgan fingerprint density at radius 2 is 2.08 bits per heavy atom. The number of nitrogens with zero attached hydrogens (tertiary/aromatic N) is 1. The first-order valence-corrected chi connectivity index (χ1v) is 4.92. The fraction of sp³-hybridized carbons (Fsp3) is 0. The van der Waals surface area contributed by atoms with Gasteiger partial charge in [-0.1, -0.05) is 23.7 Å². The van der Waals surface area contributed by atoms with E-state index in [1.807, 2.05) is 11.4 Å². The fourth-order valence-electron chi connectivity index (χ4n) is 1.07. The number of phenolic OH excluding ortho intramolecular Hbond substituents is 1. The quantitative estimate of drug-likeness (QED) is 0.786. The molecule has 0 fully saturated rings. The van der Waals surface area contributed by atoms with Gasteiger partial charge in [-0.25, -0.2) is 4.98 Å². The third-order valence-electron chi connectivity index (χ3n) is 1.66. The minimum Gasteiger partial charge on any atom is -0.507 e. The number of rotatable bonds is 1. The molecule has 0 bridgehead atoms. The minimum atomic E-state index is 0.226. The minimum absolute atomic E-state index is 0.226. The van der Waals surface area contributed by atoms with Crippen molar-refractivity contribution < 1.29 is 5.11 Å². The van der Waals surface area contributed by atoms with Crippen LogP contribution in [0.5, 0.6) is 5.75 Å². The molecule has 13 heavy (non-hydrogen) atoms. The Kier molecular flexibility index (Phi) is 2.20. The molecule has 0 spiro atoms. The molecule has 0 amide bonds. The number of halogens is 1. The standard InChI is InChI=1S/C9H6ClNOS/c10-9-11-7(5-13-9)6-3-1-2-4-8(6)12/h1-5,12H. The molecule has 1 aromatic carbocycles. The molecule has 4 heteroatoms. The van der Waals surface area contributed by atoms with Crippen LogP contribution in [-0.2, 0) is 0 Å². The summed E-state index contributed by atoms with van der Waals surface area (Å²) in [6, 6.07) is 7.05. The molecule has 2 rings (SSSR count). The Morgan fingerprint density at radius 3 is 2.69 bits per heavy atom. The first-order valence-electron chi connectivity index (χ1n) is 3.67. The van der Waals surface area contributed by atoms with Crippen molar-refractivity contribution in [3.05, 3.63) is 34.1 Å². The predicted octanol–water partition coefficient (Wildman–Crippen LogP) is 3.17. The number of aromatic hydroxyl groups is 1. The second-order valence-corrected chi connectivity index (χ2v) is 3.94. The predicted molar refractivity (Wildman–Crippen MR) is 54.2 cm³/mol. The van der Waals surface area contributed by atoms with E-state index in [1.54, 1.807) is 18.2 Å². The van der Waals surface area contributed by atoms with Crippen LogP contribution in [0.1, 0.15) is 0 Å². The van der Waals surface area contributed by atoms with Crippen LogP contribution in [0.15, 0.2) is 29.6 Å². The molecular weight excluding hydrogens is 206 g/mol. The van der Waals surface area contributed by atoms with Crippen LogP contribution < -0.4 is 0 Å². The summed E-state index contributed by atoms with van der Waals surface area (Å²) in [7, 11) is 0. The largest absolute Gasteiger partial charge is 0.507 e. The van der Waals surface area contributed by atoms with E-state index in [0.29, 0.717) is 15.7 Å². The van der Waals surface area contributed by atoms with Crippen LogP contribution in [0.25, 0.3) is 11.3 Å². The number of hydrogen-bond donors (Lipinski definition) is 1. The van der Waals surface area contributed by atoms with E-state index < -0.39 is 0 Å². The molecule has 0 atom stereocenters. The van der Waals surface area contributed by atoms with E-state index in [0.717, 1.165) is 0 Å². The van der Waals surface area contributed by atoms with Crippen LogP contribution in [0.3, 0.4) is 0 Å². The van der Waals surface area contributed by atoms with Crippen molar-refractivity contribution in [2.75, 3.05) is 0 Å². The van der Waals surface area contributed by atoms with Crippen LogP contribution >= 0.6 is 22.9 Å². The molecule has 1 aromatic heterocycles. The average Bonchev–Trinajstić information content (AvgIpc) is 2.53. The third-order valence-corrected chi connectivity index (χ3v) is 2.63. The van der Waals surface area contributed by atoms with Crippen molar-refractivity contribution in [3.63, 3.8) is 0 Å². The number of thiazole rings is 1. The van der Waals surface area contributed by atoms with E-state index in [-0.39, 0.29) is 5.75 Å². The zero-order valence-corrected chi connectivity index (χ0v) is 8.14. The van der Waals surface area contributed by atoms with Crippen molar-refractivity contribution in [1.29, 1.82) is 0 Å². The Balaban J connectivity index is 2.52. The van der Waals surface area contributed by atoms with Gasteiger partial charge in [0.1, 0.15) is 5.75 Å². The Hall–Kier alpha value is -1.06. The first-order chi connectivity index (χ1) is 6.27. The highest BCUT2D eigenvalue weighted by Crippen LogP contribution is 2.30. The molecule has 0 aliphatic carbocycles. The normalized spacial score (nSPS) is 10.2. The zero-order valence-electron chi connectivity index (χ0n) is 6.57. The van der Waals surface area contributed by atoms with Gasteiger partial charge in [0.15, 0.2) is 4.47 Å². The number of phenols is 1. The number of hydrogen-bond acceptors (Lipinski definition) is 3. The SMILES string of the molecule is Oc1ccccc1-c1csc(Cl)n1. The number of aromatic nitrogens is 1. The second kappa shape index (κ2) is 3.36. The summed E-state index contributed by atoms with van der Waals surface area (Å²) >= 11 is 7.04. The molecule has 66 valence electrons. The lowest BCUT2D eigenvalue weighted by Gasteiger charge is -1.98. The highest BCUT2D eigenvalue weighted by atomic mass is 35.5. The summed E-state index contributed by atoms with van der Waals surface area (Å²) in [4.78, 5) is 4.07. The highest BCUT2D eigenvalue weighted by Gasteiger charge is 2.06. The van der Waals surface area contributed by atoms with Gasteiger partial charge in [0.2, 0.25) is 0 Å². The van der Waals surface area contributed by atoms with E-state index in [9.17, 15) is 5.11 Å². The smallest absolute Gasteiger partial charge is 0.184 e. The maximum atomic E-state index is 9.49. The molecular formula is C9H6ClNOS. The van der Waals surface area contributed by atoms with Crippen LogP contribution in [-0.4, -0.2) is 10.1 Å². The maximum absolute atomic E-state index is 9.49. The summed E-state index contributed by atoms with van der Waals surface area (Å²) < 4.78 is 0.484. The summed E-state index contributed by atoms with van der Waals surface area (Å²) in [6.07, 6.45) is 0. The topological polar surface area (TPSA) is 33.1 Å². The molecule has 0 aliphatic heterocycles. The average molecular weight is 212 g/mol. The van der Waals surface area contributed by atoms with E-state index >= 15 is 0 Å². The van der Waals surface area contributed by atoms with E-state index in [4.69, 9.17) is 11.6 Å². The summed E-state index contributed by atoms with van der Waals surface area (Å²) in [5, 5.41) is 11.3. The molecule has 0 aliphatic rings. The van der Waals surface area contributed by atoms with Gasteiger partial charge in [-0.15, -0.1) is 11.3 Å². The number of para-hydroxylation sites is 1. The summed E-state index contributed by atoms with van der Waals surface area (Å²) in [5.74, 6) is 0.226. The second-order valence-electron chi connectivity index (χ2n) is 2.50. The Morgan fingerprint density at radius 1 is 1.31 bits per heavy atom. The molecule has 0 saturated heterocycles. The van der Waals surface area contributed by atoms with Gasteiger partial charge in [0, 0.05) is 10.9 Å². The van der Waals surface area contributed by atoms with Crippen LogP contribution in [0.2, 0.25) is 4.47 Å². The van der Waals surface area contributed by atoms with Gasteiger partial charge in [-0.05, 0) is 12.1 Å². The highest BCUT2D eigenvalue weighted by molar-refractivity contribution is 7.14. The van der Waals surface area contributed by atoms with Crippen molar-refractivity contribution in [1.82, 2.24) is 4.98 Å². The molecule has 0 radical (unpaired) electrons. The van der Waals surface area contributed by atoms with Crippen LogP contribution in [0.4, 0.5) is 0 Å². The van der Waals surface area contributed by atoms with Crippen LogP contribution in [0, 0.1) is 0 Å². The summed E-state index contributed by atoms with van der Waals surface area (Å²) in [5.41, 5.74) is 1.43. The monoisotopic (exact) mass is 211 g/mol. The van der Waals surface area contributed by atoms with Crippen molar-refractivity contribution in [2.24, 2.45) is 0 Å². The fourth-order valence-corrected chi connectivity index (χ4v) is 1.83.